The van der Waals surface area contributed by atoms with Crippen LogP contribution in [0.3, 0.4) is 0 Å². The van der Waals surface area contributed by atoms with E-state index in [0.717, 1.165) is 36.0 Å². The monoisotopic (exact) mass is 424 g/mol. The van der Waals surface area contributed by atoms with Gasteiger partial charge in [0.05, 0.1) is 10.4 Å². The molecular weight excluding hydrogens is 407 g/mol. The zero-order valence-electron chi connectivity index (χ0n) is 13.9. The van der Waals surface area contributed by atoms with Gasteiger partial charge in [0.1, 0.15) is 5.82 Å². The van der Waals surface area contributed by atoms with E-state index in [1.807, 2.05) is 32.3 Å². The predicted octanol–water partition coefficient (Wildman–Crippen LogP) is 3.88. The van der Waals surface area contributed by atoms with E-state index in [2.05, 4.69) is 20.8 Å². The van der Waals surface area contributed by atoms with E-state index in [9.17, 15) is 12.8 Å². The maximum atomic E-state index is 13.2. The van der Waals surface area contributed by atoms with E-state index in [1.54, 1.807) is 6.20 Å². The molecule has 0 aliphatic heterocycles. The Labute approximate surface area is 155 Å². The largest absolute Gasteiger partial charge is 0.309 e. The van der Waals surface area contributed by atoms with Gasteiger partial charge in [-0.05, 0) is 72.3 Å². The molecular formula is C18H18BrFN2O2S. The molecule has 0 spiro atoms. The normalized spacial score (nSPS) is 12.2. The van der Waals surface area contributed by atoms with E-state index in [-0.39, 0.29) is 4.90 Å². The third-order valence-corrected chi connectivity index (χ3v) is 6.34. The Hall–Kier alpha value is -1.70. The minimum Gasteiger partial charge on any atom is -0.309 e. The number of rotatable bonds is 5. The number of benzene rings is 2. The maximum Gasteiger partial charge on any atom is 0.268 e. The van der Waals surface area contributed by atoms with Crippen molar-refractivity contribution in [2.24, 2.45) is 0 Å². The van der Waals surface area contributed by atoms with Gasteiger partial charge in [0, 0.05) is 22.6 Å². The van der Waals surface area contributed by atoms with Crippen LogP contribution in [0.5, 0.6) is 0 Å². The van der Waals surface area contributed by atoms with Crippen molar-refractivity contribution < 1.29 is 12.8 Å². The maximum absolute atomic E-state index is 13.2. The molecule has 0 bridgehead atoms. The lowest BCUT2D eigenvalue weighted by atomic mass is 10.1. The number of halogens is 2. The van der Waals surface area contributed by atoms with Gasteiger partial charge in [-0.15, -0.1) is 0 Å². The van der Waals surface area contributed by atoms with Crippen LogP contribution in [0.15, 0.2) is 58.0 Å². The molecule has 1 heterocycles. The number of aromatic nitrogens is 1. The van der Waals surface area contributed by atoms with Crippen LogP contribution in [-0.2, 0) is 16.4 Å². The summed E-state index contributed by atoms with van der Waals surface area (Å²) < 4.78 is 41.3. The molecule has 0 aliphatic carbocycles. The van der Waals surface area contributed by atoms with Crippen LogP contribution in [0.4, 0.5) is 4.39 Å². The highest BCUT2D eigenvalue weighted by molar-refractivity contribution is 9.10. The Morgan fingerprint density at radius 2 is 1.80 bits per heavy atom. The Morgan fingerprint density at radius 3 is 2.44 bits per heavy atom. The van der Waals surface area contributed by atoms with Gasteiger partial charge in [-0.2, -0.15) is 0 Å². The van der Waals surface area contributed by atoms with Crippen LogP contribution < -0.4 is 0 Å². The van der Waals surface area contributed by atoms with E-state index in [0.29, 0.717) is 9.99 Å². The molecule has 3 rings (SSSR count). The summed E-state index contributed by atoms with van der Waals surface area (Å²) in [6.45, 7) is 0.808. The van der Waals surface area contributed by atoms with E-state index in [4.69, 9.17) is 0 Å². The van der Waals surface area contributed by atoms with Crippen LogP contribution in [-0.4, -0.2) is 37.9 Å². The minimum absolute atomic E-state index is 0.0562. The molecule has 0 N–H and O–H groups in total. The first-order valence-electron chi connectivity index (χ1n) is 7.75. The summed E-state index contributed by atoms with van der Waals surface area (Å²) in [6.07, 6.45) is 2.39. The van der Waals surface area contributed by atoms with Gasteiger partial charge in [0.2, 0.25) is 0 Å². The Bertz CT molecular complexity index is 1010. The fourth-order valence-electron chi connectivity index (χ4n) is 2.73. The van der Waals surface area contributed by atoms with Gasteiger partial charge < -0.3 is 4.90 Å². The second-order valence-electron chi connectivity index (χ2n) is 6.10. The number of para-hydroxylation sites is 1. The molecule has 0 amide bonds. The van der Waals surface area contributed by atoms with Crippen molar-refractivity contribution in [1.29, 1.82) is 0 Å². The van der Waals surface area contributed by atoms with Crippen LogP contribution in [0.2, 0.25) is 0 Å². The molecule has 1 aromatic heterocycles. The Morgan fingerprint density at radius 1 is 1.12 bits per heavy atom. The lowest BCUT2D eigenvalue weighted by molar-refractivity contribution is 0.414. The van der Waals surface area contributed by atoms with E-state index in [1.165, 1.54) is 16.1 Å². The first kappa shape index (κ1) is 18.1. The second kappa shape index (κ2) is 6.90. The van der Waals surface area contributed by atoms with E-state index < -0.39 is 15.8 Å². The fraction of sp³-hybridized carbons (Fsp3) is 0.222. The third-order valence-electron chi connectivity index (χ3n) is 4.03. The summed E-state index contributed by atoms with van der Waals surface area (Å²) in [4.78, 5) is 2.11. The van der Waals surface area contributed by atoms with Gasteiger partial charge in [0.15, 0.2) is 0 Å². The first-order valence-corrected chi connectivity index (χ1v) is 9.98. The highest BCUT2D eigenvalue weighted by Gasteiger charge is 2.22. The Kier molecular flexibility index (Phi) is 4.99. The number of hydrogen-bond donors (Lipinski definition) is 0. The van der Waals surface area contributed by atoms with Crippen LogP contribution in [0.1, 0.15) is 5.56 Å². The molecule has 0 aliphatic rings. The van der Waals surface area contributed by atoms with Gasteiger partial charge in [-0.25, -0.2) is 16.8 Å². The topological polar surface area (TPSA) is 42.3 Å². The van der Waals surface area contributed by atoms with Crippen molar-refractivity contribution in [3.05, 3.63) is 64.5 Å². The minimum atomic E-state index is -3.82. The summed E-state index contributed by atoms with van der Waals surface area (Å²) >= 11 is 3.46. The summed E-state index contributed by atoms with van der Waals surface area (Å²) in [6, 6.07) is 10.5. The predicted molar refractivity (Wildman–Crippen MR) is 101 cm³/mol. The second-order valence-corrected chi connectivity index (χ2v) is 8.77. The molecule has 3 aromatic rings. The molecule has 0 radical (unpaired) electrons. The van der Waals surface area contributed by atoms with Crippen molar-refractivity contribution in [2.45, 2.75) is 11.3 Å². The number of likely N-dealkylation sites (N-methyl/N-ethyl adjacent to an activating group) is 1. The zero-order valence-corrected chi connectivity index (χ0v) is 16.3. The standard InChI is InChI=1S/C18H18BrFN2O2S/c1-21(2)11-10-13-12-22(18-16(13)4-3-5-17(18)19)25(23,24)15-8-6-14(20)7-9-15/h3-9,12H,10-11H2,1-2H3. The average Bonchev–Trinajstić information content (AvgIpc) is 2.94. The van der Waals surface area contributed by atoms with Crippen molar-refractivity contribution in [2.75, 3.05) is 20.6 Å². The smallest absolute Gasteiger partial charge is 0.268 e. The summed E-state index contributed by atoms with van der Waals surface area (Å²) in [5, 5.41) is 0.891. The van der Waals surface area contributed by atoms with Gasteiger partial charge in [0.25, 0.3) is 10.0 Å². The van der Waals surface area contributed by atoms with Gasteiger partial charge in [-0.3, -0.25) is 0 Å². The first-order chi connectivity index (χ1) is 11.8. The van der Waals surface area contributed by atoms with E-state index >= 15 is 0 Å². The molecule has 0 unspecified atom stereocenters. The summed E-state index contributed by atoms with van der Waals surface area (Å²) in [5.41, 5.74) is 1.55. The number of fused-ring (bicyclic) bond motifs is 1. The molecule has 2 aromatic carbocycles. The number of hydrogen-bond acceptors (Lipinski definition) is 3. The molecule has 7 heteroatoms. The van der Waals surface area contributed by atoms with Crippen molar-refractivity contribution in [3.8, 4) is 0 Å². The average molecular weight is 425 g/mol. The van der Waals surface area contributed by atoms with Crippen molar-refractivity contribution in [1.82, 2.24) is 8.87 Å². The summed E-state index contributed by atoms with van der Waals surface area (Å²) in [5.74, 6) is -0.468. The van der Waals surface area contributed by atoms with Crippen molar-refractivity contribution >= 4 is 36.9 Å². The molecule has 4 nitrogen and oxygen atoms in total. The quantitative estimate of drug-likeness (QED) is 0.623. The molecule has 25 heavy (non-hydrogen) atoms. The highest BCUT2D eigenvalue weighted by atomic mass is 79.9. The molecule has 0 fully saturated rings. The van der Waals surface area contributed by atoms with Crippen LogP contribution in [0.25, 0.3) is 10.9 Å². The molecule has 132 valence electrons. The van der Waals surface area contributed by atoms with Crippen molar-refractivity contribution in [3.63, 3.8) is 0 Å². The SMILES string of the molecule is CN(C)CCc1cn(S(=O)(=O)c2ccc(F)cc2)c2c(Br)cccc12. The summed E-state index contributed by atoms with van der Waals surface area (Å²) in [7, 11) is 0.137. The lowest BCUT2D eigenvalue weighted by Gasteiger charge is -2.08. The number of nitrogens with zero attached hydrogens (tertiary/aromatic N) is 2. The van der Waals surface area contributed by atoms with Gasteiger partial charge >= 0.3 is 0 Å². The Balaban J connectivity index is 2.20. The lowest BCUT2D eigenvalue weighted by Crippen LogP contribution is -2.15. The van der Waals surface area contributed by atoms with Crippen LogP contribution >= 0.6 is 15.9 Å². The highest BCUT2D eigenvalue weighted by Crippen LogP contribution is 2.31. The van der Waals surface area contributed by atoms with Crippen LogP contribution in [0, 0.1) is 5.82 Å². The van der Waals surface area contributed by atoms with Gasteiger partial charge in [-0.1, -0.05) is 12.1 Å². The molecule has 0 saturated heterocycles. The molecule has 0 saturated carbocycles. The zero-order chi connectivity index (χ0) is 18.2. The fourth-order valence-corrected chi connectivity index (χ4v) is 4.81. The third kappa shape index (κ3) is 3.49. The molecule has 0 atom stereocenters.